The highest BCUT2D eigenvalue weighted by atomic mass is 32.2. The minimum Gasteiger partial charge on any atom is -0.480 e. The fourth-order valence-corrected chi connectivity index (χ4v) is 2.00. The van der Waals surface area contributed by atoms with Crippen molar-refractivity contribution >= 4 is 17.7 Å². The minimum atomic E-state index is -0.723. The molecule has 2 unspecified atom stereocenters. The molecule has 0 aliphatic rings. The van der Waals surface area contributed by atoms with Crippen LogP contribution in [-0.4, -0.2) is 35.2 Å². The van der Waals surface area contributed by atoms with Crippen molar-refractivity contribution in [1.29, 1.82) is 0 Å². The molecule has 4 heteroatoms. The molecule has 15 heavy (non-hydrogen) atoms. The zero-order valence-electron chi connectivity index (χ0n) is 9.95. The van der Waals surface area contributed by atoms with Gasteiger partial charge >= 0.3 is 5.97 Å². The van der Waals surface area contributed by atoms with Crippen LogP contribution >= 0.6 is 11.8 Å². The van der Waals surface area contributed by atoms with Gasteiger partial charge in [-0.2, -0.15) is 11.8 Å². The lowest BCUT2D eigenvalue weighted by Gasteiger charge is -2.19. The van der Waals surface area contributed by atoms with Crippen molar-refractivity contribution in [3.8, 4) is 0 Å². The maximum Gasteiger partial charge on any atom is 0.320 e. The molecule has 0 aliphatic heterocycles. The Morgan fingerprint density at radius 1 is 1.47 bits per heavy atom. The standard InChI is InChI=1S/C11H23NO2S/c1-4-5-6-10(11(13)14)12-9(2)7-8-15-3/h9-10,12H,4-8H2,1-3H3,(H,13,14). The molecule has 0 heterocycles. The summed E-state index contributed by atoms with van der Waals surface area (Å²) in [5.74, 6) is 0.355. The van der Waals surface area contributed by atoms with Crippen molar-refractivity contribution in [3.05, 3.63) is 0 Å². The Hall–Kier alpha value is -0.220. The summed E-state index contributed by atoms with van der Waals surface area (Å²) in [6, 6.07) is -0.0859. The summed E-state index contributed by atoms with van der Waals surface area (Å²) in [5, 5.41) is 12.2. The summed E-state index contributed by atoms with van der Waals surface area (Å²) in [6.07, 6.45) is 5.84. The van der Waals surface area contributed by atoms with Crippen molar-refractivity contribution in [1.82, 2.24) is 5.32 Å². The van der Waals surface area contributed by atoms with Crippen molar-refractivity contribution in [2.45, 2.75) is 51.6 Å². The number of unbranched alkanes of at least 4 members (excludes halogenated alkanes) is 1. The molecule has 0 aromatic heterocycles. The van der Waals surface area contributed by atoms with E-state index in [1.54, 1.807) is 11.8 Å². The topological polar surface area (TPSA) is 49.3 Å². The van der Waals surface area contributed by atoms with Gasteiger partial charge < -0.3 is 10.4 Å². The van der Waals surface area contributed by atoms with Gasteiger partial charge in [-0.25, -0.2) is 0 Å². The average molecular weight is 233 g/mol. The molecule has 3 nitrogen and oxygen atoms in total. The first kappa shape index (κ1) is 14.8. The molecular weight excluding hydrogens is 210 g/mol. The molecule has 2 atom stereocenters. The predicted molar refractivity (Wildman–Crippen MR) is 66.5 cm³/mol. The largest absolute Gasteiger partial charge is 0.480 e. The molecule has 0 spiro atoms. The average Bonchev–Trinajstić information content (AvgIpc) is 2.20. The minimum absolute atomic E-state index is 0.287. The zero-order valence-corrected chi connectivity index (χ0v) is 10.8. The molecule has 0 amide bonds. The SMILES string of the molecule is CCCCC(NC(C)CCSC)C(=O)O. The van der Waals surface area contributed by atoms with Gasteiger partial charge in [-0.3, -0.25) is 4.79 Å². The number of hydrogen-bond acceptors (Lipinski definition) is 3. The molecule has 0 aromatic rings. The van der Waals surface area contributed by atoms with E-state index in [1.165, 1.54) is 0 Å². The van der Waals surface area contributed by atoms with Crippen LogP contribution in [0.4, 0.5) is 0 Å². The fourth-order valence-electron chi connectivity index (χ4n) is 1.41. The molecule has 0 aromatic carbocycles. The van der Waals surface area contributed by atoms with Crippen LogP contribution in [0.1, 0.15) is 39.5 Å². The Morgan fingerprint density at radius 3 is 2.60 bits per heavy atom. The Kier molecular flexibility index (Phi) is 8.91. The fraction of sp³-hybridized carbons (Fsp3) is 0.909. The van der Waals surface area contributed by atoms with E-state index in [9.17, 15) is 4.79 Å². The van der Waals surface area contributed by atoms with Crippen molar-refractivity contribution in [2.75, 3.05) is 12.0 Å². The quantitative estimate of drug-likeness (QED) is 0.642. The van der Waals surface area contributed by atoms with Gasteiger partial charge in [0.2, 0.25) is 0 Å². The molecule has 0 rings (SSSR count). The number of carboxylic acid groups (broad SMARTS) is 1. The van der Waals surface area contributed by atoms with Crippen LogP contribution in [-0.2, 0) is 4.79 Å². The van der Waals surface area contributed by atoms with E-state index in [0.717, 1.165) is 31.4 Å². The van der Waals surface area contributed by atoms with Crippen LogP contribution in [0, 0.1) is 0 Å². The molecule has 0 fully saturated rings. The van der Waals surface area contributed by atoms with E-state index < -0.39 is 5.97 Å². The second kappa shape index (κ2) is 9.04. The Balaban J connectivity index is 3.87. The number of thioether (sulfide) groups is 1. The highest BCUT2D eigenvalue weighted by Gasteiger charge is 2.18. The van der Waals surface area contributed by atoms with Crippen molar-refractivity contribution in [2.24, 2.45) is 0 Å². The Morgan fingerprint density at radius 2 is 2.13 bits per heavy atom. The van der Waals surface area contributed by atoms with Gasteiger partial charge in [-0.1, -0.05) is 19.8 Å². The predicted octanol–water partition coefficient (Wildman–Crippen LogP) is 2.36. The molecule has 0 saturated heterocycles. The monoisotopic (exact) mass is 233 g/mol. The van der Waals surface area contributed by atoms with Crippen LogP contribution in [0.3, 0.4) is 0 Å². The number of hydrogen-bond donors (Lipinski definition) is 2. The summed E-state index contributed by atoms with van der Waals surface area (Å²) in [6.45, 7) is 4.13. The number of nitrogens with one attached hydrogen (secondary N) is 1. The summed E-state index contributed by atoms with van der Waals surface area (Å²) in [4.78, 5) is 10.9. The maximum atomic E-state index is 10.9. The Bertz CT molecular complexity index is 176. The van der Waals surface area contributed by atoms with Crippen LogP contribution in [0.5, 0.6) is 0 Å². The first-order valence-electron chi connectivity index (χ1n) is 5.59. The summed E-state index contributed by atoms with van der Waals surface area (Å²) in [7, 11) is 0. The van der Waals surface area contributed by atoms with E-state index in [2.05, 4.69) is 25.4 Å². The third kappa shape index (κ3) is 7.68. The lowest BCUT2D eigenvalue weighted by Crippen LogP contribution is -2.42. The second-order valence-electron chi connectivity index (χ2n) is 3.88. The van der Waals surface area contributed by atoms with Crippen LogP contribution in [0.25, 0.3) is 0 Å². The third-order valence-corrected chi connectivity index (χ3v) is 3.03. The highest BCUT2D eigenvalue weighted by Crippen LogP contribution is 2.05. The third-order valence-electron chi connectivity index (χ3n) is 2.39. The normalized spacial score (nSPS) is 14.9. The molecular formula is C11H23NO2S. The molecule has 0 aliphatic carbocycles. The smallest absolute Gasteiger partial charge is 0.320 e. The number of aliphatic carboxylic acids is 1. The zero-order chi connectivity index (χ0) is 11.7. The van der Waals surface area contributed by atoms with Gasteiger partial charge in [0, 0.05) is 6.04 Å². The summed E-state index contributed by atoms with van der Waals surface area (Å²) < 4.78 is 0. The summed E-state index contributed by atoms with van der Waals surface area (Å²) >= 11 is 1.80. The molecule has 2 N–H and O–H groups in total. The second-order valence-corrected chi connectivity index (χ2v) is 4.87. The van der Waals surface area contributed by atoms with E-state index >= 15 is 0 Å². The number of rotatable bonds is 9. The van der Waals surface area contributed by atoms with Crippen LogP contribution in [0.15, 0.2) is 0 Å². The van der Waals surface area contributed by atoms with Crippen LogP contribution in [0.2, 0.25) is 0 Å². The van der Waals surface area contributed by atoms with E-state index in [4.69, 9.17) is 5.11 Å². The molecule has 0 radical (unpaired) electrons. The lowest BCUT2D eigenvalue weighted by atomic mass is 10.1. The maximum absolute atomic E-state index is 10.9. The highest BCUT2D eigenvalue weighted by molar-refractivity contribution is 7.98. The number of carbonyl (C=O) groups is 1. The number of carboxylic acids is 1. The van der Waals surface area contributed by atoms with Crippen molar-refractivity contribution in [3.63, 3.8) is 0 Å². The van der Waals surface area contributed by atoms with Crippen molar-refractivity contribution < 1.29 is 9.90 Å². The molecule has 0 saturated carbocycles. The molecule has 90 valence electrons. The molecule has 0 bridgehead atoms. The van der Waals surface area contributed by atoms with Crippen LogP contribution < -0.4 is 5.32 Å². The van der Waals surface area contributed by atoms with E-state index in [0.29, 0.717) is 0 Å². The van der Waals surface area contributed by atoms with Gasteiger partial charge in [-0.15, -0.1) is 0 Å². The van der Waals surface area contributed by atoms with E-state index in [-0.39, 0.29) is 12.1 Å². The van der Waals surface area contributed by atoms with Gasteiger partial charge in [-0.05, 0) is 31.8 Å². The first-order chi connectivity index (χ1) is 7.11. The van der Waals surface area contributed by atoms with Gasteiger partial charge in [0.25, 0.3) is 0 Å². The summed E-state index contributed by atoms with van der Waals surface area (Å²) in [5.41, 5.74) is 0. The Labute approximate surface area is 97.0 Å². The lowest BCUT2D eigenvalue weighted by molar-refractivity contribution is -0.139. The van der Waals surface area contributed by atoms with Gasteiger partial charge in [0.1, 0.15) is 6.04 Å². The van der Waals surface area contributed by atoms with Gasteiger partial charge in [0.05, 0.1) is 0 Å². The van der Waals surface area contributed by atoms with E-state index in [1.807, 2.05) is 0 Å². The van der Waals surface area contributed by atoms with Gasteiger partial charge in [0.15, 0.2) is 0 Å². The first-order valence-corrected chi connectivity index (χ1v) is 6.99.